The van der Waals surface area contributed by atoms with Crippen molar-refractivity contribution in [3.63, 3.8) is 0 Å². The van der Waals surface area contributed by atoms with Crippen LogP contribution >= 0.6 is 15.9 Å². The summed E-state index contributed by atoms with van der Waals surface area (Å²) >= 11 is 3.11. The molecule has 0 radical (unpaired) electrons. The summed E-state index contributed by atoms with van der Waals surface area (Å²) in [5, 5.41) is 11.7. The average Bonchev–Trinajstić information content (AvgIpc) is 3.06. The number of furan rings is 1. The van der Waals surface area contributed by atoms with Gasteiger partial charge in [-0.15, -0.1) is 0 Å². The van der Waals surface area contributed by atoms with Gasteiger partial charge in [-0.3, -0.25) is 14.4 Å². The van der Waals surface area contributed by atoms with Gasteiger partial charge in [0, 0.05) is 13.1 Å². The van der Waals surface area contributed by atoms with Crippen molar-refractivity contribution in [1.82, 2.24) is 10.2 Å². The van der Waals surface area contributed by atoms with Crippen molar-refractivity contribution in [2.24, 2.45) is 5.92 Å². The highest BCUT2D eigenvalue weighted by Crippen LogP contribution is 2.25. The maximum Gasteiger partial charge on any atom is 0.306 e. The van der Waals surface area contributed by atoms with Crippen molar-refractivity contribution in [2.45, 2.75) is 25.3 Å². The van der Waals surface area contributed by atoms with Gasteiger partial charge in [0.1, 0.15) is 0 Å². The van der Waals surface area contributed by atoms with E-state index in [-0.39, 0.29) is 24.3 Å². The zero-order valence-corrected chi connectivity index (χ0v) is 13.6. The van der Waals surface area contributed by atoms with Crippen molar-refractivity contribution in [2.75, 3.05) is 13.6 Å². The van der Waals surface area contributed by atoms with Gasteiger partial charge in [0.2, 0.25) is 5.91 Å². The van der Waals surface area contributed by atoms with Gasteiger partial charge in [0.05, 0.1) is 12.5 Å². The number of amides is 2. The predicted octanol–water partition coefficient (Wildman–Crippen LogP) is 1.48. The van der Waals surface area contributed by atoms with Crippen molar-refractivity contribution in [1.29, 1.82) is 0 Å². The van der Waals surface area contributed by atoms with Crippen LogP contribution in [0.5, 0.6) is 0 Å². The predicted molar refractivity (Wildman–Crippen MR) is 80.3 cm³/mol. The second kappa shape index (κ2) is 6.95. The quantitative estimate of drug-likeness (QED) is 0.815. The second-order valence-corrected chi connectivity index (χ2v) is 6.16. The molecule has 1 aliphatic carbocycles. The van der Waals surface area contributed by atoms with Crippen LogP contribution in [0, 0.1) is 5.92 Å². The molecule has 2 N–H and O–H groups in total. The number of carboxylic acids is 1. The lowest BCUT2D eigenvalue weighted by Crippen LogP contribution is -2.42. The van der Waals surface area contributed by atoms with Crippen LogP contribution in [-0.4, -0.2) is 47.4 Å². The minimum absolute atomic E-state index is 0.106. The highest BCUT2D eigenvalue weighted by molar-refractivity contribution is 9.10. The Labute approximate surface area is 135 Å². The fraction of sp³-hybridized carbons (Fsp3) is 0.500. The molecule has 1 heterocycles. The molecule has 2 amide bonds. The molecule has 22 heavy (non-hydrogen) atoms. The van der Waals surface area contributed by atoms with Crippen molar-refractivity contribution < 1.29 is 23.9 Å². The number of halogens is 1. The lowest BCUT2D eigenvalue weighted by Gasteiger charge is -2.18. The Bertz CT molecular complexity index is 586. The molecule has 1 aromatic rings. The molecule has 0 saturated heterocycles. The Morgan fingerprint density at radius 3 is 2.68 bits per heavy atom. The van der Waals surface area contributed by atoms with Crippen molar-refractivity contribution in [3.8, 4) is 0 Å². The first-order valence-corrected chi connectivity index (χ1v) is 7.69. The van der Waals surface area contributed by atoms with E-state index >= 15 is 0 Å². The monoisotopic (exact) mass is 372 g/mol. The van der Waals surface area contributed by atoms with Gasteiger partial charge >= 0.3 is 5.97 Å². The topological polar surface area (TPSA) is 99.9 Å². The Morgan fingerprint density at radius 2 is 2.14 bits per heavy atom. The molecule has 0 unspecified atom stereocenters. The van der Waals surface area contributed by atoms with Gasteiger partial charge in [-0.1, -0.05) is 0 Å². The summed E-state index contributed by atoms with van der Waals surface area (Å²) in [7, 11) is 1.51. The van der Waals surface area contributed by atoms with Crippen molar-refractivity contribution >= 4 is 33.7 Å². The summed E-state index contributed by atoms with van der Waals surface area (Å²) in [5.74, 6) is -1.78. The van der Waals surface area contributed by atoms with E-state index in [4.69, 9.17) is 9.52 Å². The largest absolute Gasteiger partial charge is 0.481 e. The van der Waals surface area contributed by atoms with Crippen LogP contribution < -0.4 is 5.32 Å². The summed E-state index contributed by atoms with van der Waals surface area (Å²) < 4.78 is 5.59. The number of carboxylic acid groups (broad SMARTS) is 1. The molecule has 1 fully saturated rings. The van der Waals surface area contributed by atoms with E-state index in [0.29, 0.717) is 23.9 Å². The lowest BCUT2D eigenvalue weighted by molar-refractivity contribution is -0.141. The molecule has 0 spiro atoms. The number of hydrogen-bond donors (Lipinski definition) is 2. The molecule has 2 atom stereocenters. The third-order valence-corrected chi connectivity index (χ3v) is 4.08. The molecule has 120 valence electrons. The van der Waals surface area contributed by atoms with Crippen LogP contribution in [0.2, 0.25) is 0 Å². The summed E-state index contributed by atoms with van der Waals surface area (Å²) in [6.45, 7) is -0.106. The van der Waals surface area contributed by atoms with E-state index in [2.05, 4.69) is 21.2 Å². The summed E-state index contributed by atoms with van der Waals surface area (Å²) in [4.78, 5) is 36.1. The fourth-order valence-electron chi connectivity index (χ4n) is 2.51. The van der Waals surface area contributed by atoms with Crippen LogP contribution in [0.4, 0.5) is 0 Å². The molecular weight excluding hydrogens is 356 g/mol. The highest BCUT2D eigenvalue weighted by atomic mass is 79.9. The third-order valence-electron chi connectivity index (χ3n) is 3.66. The maximum atomic E-state index is 12.0. The first-order chi connectivity index (χ1) is 10.4. The molecule has 0 aromatic carbocycles. The highest BCUT2D eigenvalue weighted by Gasteiger charge is 2.30. The first kappa shape index (κ1) is 16.5. The molecule has 8 heteroatoms. The van der Waals surface area contributed by atoms with Gasteiger partial charge < -0.3 is 19.7 Å². The molecule has 0 aliphatic heterocycles. The van der Waals surface area contributed by atoms with E-state index in [1.807, 2.05) is 0 Å². The van der Waals surface area contributed by atoms with E-state index in [1.54, 1.807) is 6.07 Å². The van der Waals surface area contributed by atoms with Crippen LogP contribution in [0.1, 0.15) is 29.8 Å². The van der Waals surface area contributed by atoms with Gasteiger partial charge in [-0.2, -0.15) is 0 Å². The Hall–Kier alpha value is -1.83. The minimum Gasteiger partial charge on any atom is -0.481 e. The lowest BCUT2D eigenvalue weighted by atomic mass is 10.1. The number of aliphatic carboxylic acids is 1. The minimum atomic E-state index is -0.826. The Balaban J connectivity index is 1.82. The van der Waals surface area contributed by atoms with E-state index in [0.717, 1.165) is 0 Å². The smallest absolute Gasteiger partial charge is 0.306 e. The normalized spacial score (nSPS) is 20.6. The van der Waals surface area contributed by atoms with Crippen LogP contribution in [-0.2, 0) is 9.59 Å². The number of nitrogens with zero attached hydrogens (tertiary/aromatic N) is 1. The van der Waals surface area contributed by atoms with E-state index in [9.17, 15) is 14.4 Å². The van der Waals surface area contributed by atoms with Crippen LogP contribution in [0.3, 0.4) is 0 Å². The molecule has 1 aromatic heterocycles. The van der Waals surface area contributed by atoms with Crippen molar-refractivity contribution in [3.05, 3.63) is 22.6 Å². The summed E-state index contributed by atoms with van der Waals surface area (Å²) in [5.41, 5.74) is 0. The SMILES string of the molecule is CN(CC(=O)N[C@@H]1CC[C@H](C(=O)O)C1)C(=O)c1ccc(Br)o1. The number of hydrogen-bond acceptors (Lipinski definition) is 4. The molecular formula is C14H17BrN2O5. The molecule has 2 rings (SSSR count). The second-order valence-electron chi connectivity index (χ2n) is 5.38. The number of carbonyl (C=O) groups excluding carboxylic acids is 2. The fourth-order valence-corrected chi connectivity index (χ4v) is 2.82. The number of likely N-dealkylation sites (N-methyl/N-ethyl adjacent to an activating group) is 1. The zero-order valence-electron chi connectivity index (χ0n) is 12.0. The molecule has 0 bridgehead atoms. The molecule has 1 aliphatic rings. The number of nitrogens with one attached hydrogen (secondary N) is 1. The van der Waals surface area contributed by atoms with Gasteiger partial charge in [0.25, 0.3) is 5.91 Å². The molecule has 7 nitrogen and oxygen atoms in total. The van der Waals surface area contributed by atoms with E-state index in [1.165, 1.54) is 18.0 Å². The summed E-state index contributed by atoms with van der Waals surface area (Å²) in [6.07, 6.45) is 1.64. The average molecular weight is 373 g/mol. The van der Waals surface area contributed by atoms with Gasteiger partial charge in [-0.25, -0.2) is 0 Å². The Kier molecular flexibility index (Phi) is 5.23. The number of carbonyl (C=O) groups is 3. The van der Waals surface area contributed by atoms with Crippen LogP contribution in [0.15, 0.2) is 21.2 Å². The van der Waals surface area contributed by atoms with E-state index < -0.39 is 17.8 Å². The number of rotatable bonds is 5. The Morgan fingerprint density at radius 1 is 1.41 bits per heavy atom. The van der Waals surface area contributed by atoms with Gasteiger partial charge in [-0.05, 0) is 47.3 Å². The van der Waals surface area contributed by atoms with Crippen LogP contribution in [0.25, 0.3) is 0 Å². The molecule has 1 saturated carbocycles. The summed E-state index contributed by atoms with van der Waals surface area (Å²) in [6, 6.07) is 2.98. The first-order valence-electron chi connectivity index (χ1n) is 6.89. The van der Waals surface area contributed by atoms with Gasteiger partial charge in [0.15, 0.2) is 10.4 Å². The maximum absolute atomic E-state index is 12.0. The third kappa shape index (κ3) is 4.09. The standard InChI is InChI=1S/C14H17BrN2O5/c1-17(13(19)10-4-5-11(15)22-10)7-12(18)16-9-3-2-8(6-9)14(20)21/h4-5,8-9H,2-3,6-7H2,1H3,(H,16,18)(H,20,21)/t8-,9+/m0/s1. The zero-order chi connectivity index (χ0) is 16.3.